The summed E-state index contributed by atoms with van der Waals surface area (Å²) >= 11 is 11.1. The van der Waals surface area contributed by atoms with Crippen LogP contribution in [-0.4, -0.2) is 5.11 Å². The molecule has 0 heterocycles. The molecule has 3 rings (SSSR count). The summed E-state index contributed by atoms with van der Waals surface area (Å²) < 4.78 is 39.3. The Hall–Kier alpha value is -2.57. The fourth-order valence-corrected chi connectivity index (χ4v) is 3.43. The van der Waals surface area contributed by atoms with Gasteiger partial charge in [0, 0.05) is 5.69 Å². The van der Waals surface area contributed by atoms with E-state index in [-0.39, 0.29) is 21.9 Å². The molecule has 2 N–H and O–H groups in total. The van der Waals surface area contributed by atoms with Crippen LogP contribution in [0.1, 0.15) is 28.3 Å². The van der Waals surface area contributed by atoms with E-state index in [1.807, 2.05) is 61.5 Å². The van der Waals surface area contributed by atoms with Gasteiger partial charge >= 0.3 is 6.18 Å². The van der Waals surface area contributed by atoms with E-state index in [1.165, 1.54) is 12.1 Å². The molecular weight excluding hydrogens is 417 g/mol. The van der Waals surface area contributed by atoms with Gasteiger partial charge in [0.1, 0.15) is 0 Å². The number of benzene rings is 3. The van der Waals surface area contributed by atoms with Gasteiger partial charge in [0.25, 0.3) is 0 Å². The maximum atomic E-state index is 13.1. The van der Waals surface area contributed by atoms with Crippen LogP contribution in [0.2, 0.25) is 5.02 Å². The third-order valence-electron chi connectivity index (χ3n) is 4.31. The van der Waals surface area contributed by atoms with Crippen molar-refractivity contribution in [1.29, 1.82) is 0 Å². The molecule has 0 amide bonds. The third kappa shape index (κ3) is 5.49. The van der Waals surface area contributed by atoms with Crippen LogP contribution in [0, 0.1) is 6.92 Å². The quantitative estimate of drug-likeness (QED) is 0.444. The Morgan fingerprint density at radius 1 is 0.931 bits per heavy atom. The molecule has 0 saturated carbocycles. The lowest BCUT2D eigenvalue weighted by Crippen LogP contribution is -2.33. The SMILES string of the molecule is Cc1cccc([C@H](NC(=S)Nc2ccc(Cl)c(C(F)(F)F)c2)c2ccccc2)c1. The zero-order valence-electron chi connectivity index (χ0n) is 15.4. The van der Waals surface area contributed by atoms with E-state index in [0.717, 1.165) is 22.8 Å². The van der Waals surface area contributed by atoms with Crippen LogP contribution in [-0.2, 0) is 6.18 Å². The van der Waals surface area contributed by atoms with Crippen LogP contribution in [0.15, 0.2) is 72.8 Å². The predicted molar refractivity (Wildman–Crippen MR) is 115 cm³/mol. The molecule has 3 aromatic rings. The highest BCUT2D eigenvalue weighted by atomic mass is 35.5. The Bertz CT molecular complexity index is 1010. The smallest absolute Gasteiger partial charge is 0.352 e. The lowest BCUT2D eigenvalue weighted by molar-refractivity contribution is -0.137. The van der Waals surface area contributed by atoms with E-state index in [2.05, 4.69) is 10.6 Å². The van der Waals surface area contributed by atoms with Gasteiger partial charge in [-0.15, -0.1) is 0 Å². The zero-order valence-corrected chi connectivity index (χ0v) is 17.0. The van der Waals surface area contributed by atoms with Gasteiger partial charge in [0.05, 0.1) is 16.6 Å². The van der Waals surface area contributed by atoms with Gasteiger partial charge in [-0.25, -0.2) is 0 Å². The number of hydrogen-bond donors (Lipinski definition) is 2. The average molecular weight is 435 g/mol. The number of aryl methyl sites for hydroxylation is 1. The maximum Gasteiger partial charge on any atom is 0.417 e. The number of thiocarbonyl (C=S) groups is 1. The summed E-state index contributed by atoms with van der Waals surface area (Å²) in [6.07, 6.45) is -4.54. The normalized spacial score (nSPS) is 12.3. The first kappa shape index (κ1) is 21.1. The molecule has 7 heteroatoms. The van der Waals surface area contributed by atoms with Crippen molar-refractivity contribution in [2.45, 2.75) is 19.1 Å². The first-order valence-electron chi connectivity index (χ1n) is 8.80. The van der Waals surface area contributed by atoms with Crippen LogP contribution in [0.3, 0.4) is 0 Å². The predicted octanol–water partition coefficient (Wildman–Crippen LogP) is 6.74. The lowest BCUT2D eigenvalue weighted by Gasteiger charge is -2.22. The Labute approximate surface area is 177 Å². The van der Waals surface area contributed by atoms with E-state index in [4.69, 9.17) is 23.8 Å². The highest BCUT2D eigenvalue weighted by molar-refractivity contribution is 7.80. The molecular formula is C22H18ClF3N2S. The van der Waals surface area contributed by atoms with Crippen LogP contribution >= 0.6 is 23.8 Å². The van der Waals surface area contributed by atoms with Crippen LogP contribution in [0.5, 0.6) is 0 Å². The van der Waals surface area contributed by atoms with Gasteiger partial charge in [-0.05, 0) is 48.5 Å². The van der Waals surface area contributed by atoms with E-state index >= 15 is 0 Å². The summed E-state index contributed by atoms with van der Waals surface area (Å²) in [5.74, 6) is 0. The minimum absolute atomic E-state index is 0.204. The standard InChI is InChI=1S/C22H18ClF3N2S/c1-14-6-5-9-16(12-14)20(15-7-3-2-4-8-15)28-21(29)27-17-10-11-19(23)18(13-17)22(24,25)26/h2-13,20H,1H3,(H2,27,28,29)/t20-/m1/s1. The molecule has 0 fully saturated rings. The summed E-state index contributed by atoms with van der Waals surface area (Å²) in [7, 11) is 0. The van der Waals surface area contributed by atoms with E-state index in [1.54, 1.807) is 0 Å². The van der Waals surface area contributed by atoms with Crippen molar-refractivity contribution in [2.75, 3.05) is 5.32 Å². The Balaban J connectivity index is 1.84. The van der Waals surface area contributed by atoms with Crippen LogP contribution < -0.4 is 10.6 Å². The minimum atomic E-state index is -4.54. The summed E-state index contributed by atoms with van der Waals surface area (Å²) in [6, 6.07) is 21.0. The first-order valence-corrected chi connectivity index (χ1v) is 9.58. The molecule has 0 radical (unpaired) electrons. The molecule has 3 aromatic carbocycles. The van der Waals surface area contributed by atoms with Crippen molar-refractivity contribution in [3.63, 3.8) is 0 Å². The zero-order chi connectivity index (χ0) is 21.0. The highest BCUT2D eigenvalue weighted by Crippen LogP contribution is 2.36. The van der Waals surface area contributed by atoms with Gasteiger partial charge in [-0.1, -0.05) is 71.8 Å². The highest BCUT2D eigenvalue weighted by Gasteiger charge is 2.33. The molecule has 2 nitrogen and oxygen atoms in total. The molecule has 29 heavy (non-hydrogen) atoms. The number of nitrogens with one attached hydrogen (secondary N) is 2. The fourth-order valence-electron chi connectivity index (χ4n) is 2.97. The van der Waals surface area contributed by atoms with Crippen molar-refractivity contribution in [2.24, 2.45) is 0 Å². The molecule has 0 unspecified atom stereocenters. The molecule has 1 atom stereocenters. The summed E-state index contributed by atoms with van der Waals surface area (Å²) in [6.45, 7) is 1.99. The van der Waals surface area contributed by atoms with E-state index in [0.29, 0.717) is 0 Å². The minimum Gasteiger partial charge on any atom is -0.352 e. The Morgan fingerprint density at radius 3 is 2.28 bits per heavy atom. The van der Waals surface area contributed by atoms with Gasteiger partial charge in [0.15, 0.2) is 5.11 Å². The van der Waals surface area contributed by atoms with Crippen molar-refractivity contribution in [3.8, 4) is 0 Å². The second kappa shape index (κ2) is 8.84. The van der Waals surface area contributed by atoms with Gasteiger partial charge < -0.3 is 10.6 Å². The van der Waals surface area contributed by atoms with Gasteiger partial charge in [-0.3, -0.25) is 0 Å². The molecule has 0 aliphatic heterocycles. The van der Waals surface area contributed by atoms with Crippen LogP contribution in [0.4, 0.5) is 18.9 Å². The summed E-state index contributed by atoms with van der Waals surface area (Å²) in [4.78, 5) is 0. The van der Waals surface area contributed by atoms with Crippen molar-refractivity contribution >= 4 is 34.6 Å². The Kier molecular flexibility index (Phi) is 6.45. The first-order chi connectivity index (χ1) is 13.7. The number of halogens is 4. The van der Waals surface area contributed by atoms with Gasteiger partial charge in [-0.2, -0.15) is 13.2 Å². The average Bonchev–Trinajstić information content (AvgIpc) is 2.67. The molecule has 150 valence electrons. The molecule has 0 aliphatic carbocycles. The third-order valence-corrected chi connectivity index (χ3v) is 4.86. The molecule has 0 bridgehead atoms. The molecule has 0 spiro atoms. The largest absolute Gasteiger partial charge is 0.417 e. The Morgan fingerprint density at radius 2 is 1.62 bits per heavy atom. The number of hydrogen-bond acceptors (Lipinski definition) is 1. The second-order valence-electron chi connectivity index (χ2n) is 6.55. The van der Waals surface area contributed by atoms with Crippen molar-refractivity contribution < 1.29 is 13.2 Å². The van der Waals surface area contributed by atoms with Crippen molar-refractivity contribution in [1.82, 2.24) is 5.32 Å². The van der Waals surface area contributed by atoms with Crippen LogP contribution in [0.25, 0.3) is 0 Å². The number of alkyl halides is 3. The number of rotatable bonds is 4. The fraction of sp³-hybridized carbons (Fsp3) is 0.136. The molecule has 0 saturated heterocycles. The topological polar surface area (TPSA) is 24.1 Å². The molecule has 0 aliphatic rings. The van der Waals surface area contributed by atoms with E-state index < -0.39 is 11.7 Å². The monoisotopic (exact) mass is 434 g/mol. The summed E-state index contributed by atoms with van der Waals surface area (Å²) in [5.41, 5.74) is 2.36. The molecule has 0 aromatic heterocycles. The second-order valence-corrected chi connectivity index (χ2v) is 7.36. The summed E-state index contributed by atoms with van der Waals surface area (Å²) in [5, 5.41) is 5.88. The van der Waals surface area contributed by atoms with Crippen molar-refractivity contribution in [3.05, 3.63) is 100 Å². The van der Waals surface area contributed by atoms with E-state index in [9.17, 15) is 13.2 Å². The number of anilines is 1. The van der Waals surface area contributed by atoms with Gasteiger partial charge in [0.2, 0.25) is 0 Å². The lowest BCUT2D eigenvalue weighted by atomic mass is 9.97. The maximum absolute atomic E-state index is 13.1.